The third-order valence-corrected chi connectivity index (χ3v) is 2.44. The maximum Gasteiger partial charge on any atom is 0.372 e. The molecule has 1 N–H and O–H groups in total. The largest absolute Gasteiger partial charge is 0.476 e. The third-order valence-electron chi connectivity index (χ3n) is 2.44. The molecule has 5 heteroatoms. The van der Waals surface area contributed by atoms with Gasteiger partial charge in [0.05, 0.1) is 0 Å². The van der Waals surface area contributed by atoms with E-state index in [1.54, 1.807) is 19.1 Å². The number of hydrogen-bond acceptors (Lipinski definition) is 4. The van der Waals surface area contributed by atoms with Gasteiger partial charge in [-0.1, -0.05) is 6.07 Å². The summed E-state index contributed by atoms with van der Waals surface area (Å²) in [6.45, 7) is 1.76. The number of hydrogen-bond donors (Lipinski definition) is 1. The summed E-state index contributed by atoms with van der Waals surface area (Å²) in [6.07, 6.45) is 0.394. The maximum absolute atomic E-state index is 11.0. The van der Waals surface area contributed by atoms with E-state index in [2.05, 4.69) is 4.98 Å². The van der Waals surface area contributed by atoms with E-state index in [0.29, 0.717) is 17.9 Å². The molecule has 17 heavy (non-hydrogen) atoms. The number of aromatic nitrogens is 1. The van der Waals surface area contributed by atoms with Gasteiger partial charge in [0.2, 0.25) is 5.78 Å². The minimum atomic E-state index is -1.39. The third kappa shape index (κ3) is 2.50. The van der Waals surface area contributed by atoms with Gasteiger partial charge in [-0.15, -0.1) is 0 Å². The second kappa shape index (κ2) is 4.37. The number of aliphatic carboxylic acids is 1. The highest BCUT2D eigenvalue weighted by atomic mass is 16.4. The van der Waals surface area contributed by atoms with Crippen LogP contribution in [0.15, 0.2) is 22.6 Å². The number of oxazole rings is 1. The number of Topliss-reactive ketones (excluding diaryl/α,β-unsaturated/α-hetero) is 1. The Balaban J connectivity index is 2.14. The van der Waals surface area contributed by atoms with Crippen LogP contribution in [0.2, 0.25) is 0 Å². The van der Waals surface area contributed by atoms with Crippen molar-refractivity contribution in [2.24, 2.45) is 0 Å². The highest BCUT2D eigenvalue weighted by Gasteiger charge is 2.11. The lowest BCUT2D eigenvalue weighted by atomic mass is 10.1. The van der Waals surface area contributed by atoms with Crippen molar-refractivity contribution >= 4 is 22.9 Å². The number of rotatable bonds is 4. The molecular formula is C12H11NO4. The predicted octanol–water partition coefficient (Wildman–Crippen LogP) is 1.72. The van der Waals surface area contributed by atoms with Crippen LogP contribution >= 0.6 is 0 Å². The van der Waals surface area contributed by atoms with Crippen molar-refractivity contribution < 1.29 is 19.1 Å². The molecule has 0 atom stereocenters. The topological polar surface area (TPSA) is 80.4 Å². The van der Waals surface area contributed by atoms with Crippen LogP contribution in [0.3, 0.4) is 0 Å². The second-order valence-electron chi connectivity index (χ2n) is 3.76. The van der Waals surface area contributed by atoms with Gasteiger partial charge in [0, 0.05) is 13.3 Å². The minimum Gasteiger partial charge on any atom is -0.476 e. The van der Waals surface area contributed by atoms with Gasteiger partial charge in [0.25, 0.3) is 0 Å². The van der Waals surface area contributed by atoms with E-state index in [-0.39, 0.29) is 6.42 Å². The minimum absolute atomic E-state index is 0.00231. The van der Waals surface area contributed by atoms with E-state index in [9.17, 15) is 9.59 Å². The average Bonchev–Trinajstić information content (AvgIpc) is 2.64. The zero-order valence-electron chi connectivity index (χ0n) is 9.27. The first-order valence-electron chi connectivity index (χ1n) is 5.18. The van der Waals surface area contributed by atoms with Crippen molar-refractivity contribution in [2.45, 2.75) is 19.8 Å². The number of benzene rings is 1. The van der Waals surface area contributed by atoms with Gasteiger partial charge in [0.1, 0.15) is 5.52 Å². The molecule has 1 heterocycles. The Bertz CT molecular complexity index is 585. The normalized spacial score (nSPS) is 10.6. The molecule has 0 saturated carbocycles. The summed E-state index contributed by atoms with van der Waals surface area (Å²) >= 11 is 0. The molecule has 0 bridgehead atoms. The van der Waals surface area contributed by atoms with Gasteiger partial charge in [-0.3, -0.25) is 4.79 Å². The summed E-state index contributed by atoms with van der Waals surface area (Å²) in [4.78, 5) is 25.5. The quantitative estimate of drug-likeness (QED) is 0.813. The van der Waals surface area contributed by atoms with E-state index >= 15 is 0 Å². The maximum atomic E-state index is 11.0. The van der Waals surface area contributed by atoms with Crippen molar-refractivity contribution in [1.82, 2.24) is 4.98 Å². The monoisotopic (exact) mass is 233 g/mol. The summed E-state index contributed by atoms with van der Waals surface area (Å²) in [6, 6.07) is 5.39. The molecular weight excluding hydrogens is 222 g/mol. The van der Waals surface area contributed by atoms with Crippen LogP contribution in [0.5, 0.6) is 0 Å². The van der Waals surface area contributed by atoms with Crippen molar-refractivity contribution in [3.05, 3.63) is 29.7 Å². The molecule has 0 unspecified atom stereocenters. The summed E-state index contributed by atoms with van der Waals surface area (Å²) in [7, 11) is 0. The molecule has 1 aromatic heterocycles. The SMILES string of the molecule is Cc1nc2cc(CCC(=O)C(=O)O)ccc2o1. The van der Waals surface area contributed by atoms with E-state index in [0.717, 1.165) is 11.1 Å². The lowest BCUT2D eigenvalue weighted by Gasteiger charge is -1.98. The van der Waals surface area contributed by atoms with Crippen LogP contribution in [-0.2, 0) is 16.0 Å². The number of nitrogens with zero attached hydrogens (tertiary/aromatic N) is 1. The number of ketones is 1. The molecule has 0 radical (unpaired) electrons. The van der Waals surface area contributed by atoms with Crippen LogP contribution < -0.4 is 0 Å². The molecule has 2 aromatic rings. The Morgan fingerprint density at radius 2 is 2.18 bits per heavy atom. The molecule has 0 saturated heterocycles. The Morgan fingerprint density at radius 1 is 1.41 bits per heavy atom. The Morgan fingerprint density at radius 3 is 2.88 bits per heavy atom. The second-order valence-corrected chi connectivity index (χ2v) is 3.76. The van der Waals surface area contributed by atoms with E-state index < -0.39 is 11.8 Å². The van der Waals surface area contributed by atoms with Crippen molar-refractivity contribution in [3.63, 3.8) is 0 Å². The average molecular weight is 233 g/mol. The van der Waals surface area contributed by atoms with Crippen molar-refractivity contribution in [1.29, 1.82) is 0 Å². The molecule has 0 aliphatic heterocycles. The van der Waals surface area contributed by atoms with E-state index in [1.807, 2.05) is 6.07 Å². The molecule has 0 spiro atoms. The standard InChI is InChI=1S/C12H11NO4/c1-7-13-9-6-8(3-5-11(9)17-7)2-4-10(14)12(15)16/h3,5-6H,2,4H2,1H3,(H,15,16). The molecule has 0 amide bonds. The Hall–Kier alpha value is -2.17. The predicted molar refractivity (Wildman–Crippen MR) is 59.7 cm³/mol. The fourth-order valence-corrected chi connectivity index (χ4v) is 1.61. The molecule has 1 aromatic carbocycles. The van der Waals surface area contributed by atoms with Crippen molar-refractivity contribution in [3.8, 4) is 0 Å². The van der Waals surface area contributed by atoms with Gasteiger partial charge in [0.15, 0.2) is 11.5 Å². The lowest BCUT2D eigenvalue weighted by Crippen LogP contribution is -2.12. The number of carboxylic acids is 1. The summed E-state index contributed by atoms with van der Waals surface area (Å²) < 4.78 is 5.31. The van der Waals surface area contributed by atoms with Gasteiger partial charge < -0.3 is 9.52 Å². The van der Waals surface area contributed by atoms with E-state index in [4.69, 9.17) is 9.52 Å². The highest BCUT2D eigenvalue weighted by molar-refractivity contribution is 6.32. The Kier molecular flexibility index (Phi) is 2.91. The summed E-state index contributed by atoms with van der Waals surface area (Å²) in [5.74, 6) is -1.58. The summed E-state index contributed by atoms with van der Waals surface area (Å²) in [5, 5.41) is 8.46. The zero-order valence-corrected chi connectivity index (χ0v) is 9.27. The van der Waals surface area contributed by atoms with Crippen LogP contribution in [0.4, 0.5) is 0 Å². The van der Waals surface area contributed by atoms with Crippen molar-refractivity contribution in [2.75, 3.05) is 0 Å². The fourth-order valence-electron chi connectivity index (χ4n) is 1.61. The van der Waals surface area contributed by atoms with Crippen LogP contribution in [0.1, 0.15) is 17.9 Å². The van der Waals surface area contributed by atoms with Crippen LogP contribution in [0, 0.1) is 6.92 Å². The van der Waals surface area contributed by atoms with Gasteiger partial charge >= 0.3 is 5.97 Å². The van der Waals surface area contributed by atoms with Crippen LogP contribution in [0.25, 0.3) is 11.1 Å². The van der Waals surface area contributed by atoms with Crippen LogP contribution in [-0.4, -0.2) is 21.8 Å². The van der Waals surface area contributed by atoms with E-state index in [1.165, 1.54) is 0 Å². The number of carbonyl (C=O) groups excluding carboxylic acids is 1. The zero-order chi connectivity index (χ0) is 12.4. The van der Waals surface area contributed by atoms with Gasteiger partial charge in [-0.25, -0.2) is 9.78 Å². The first-order valence-corrected chi connectivity index (χ1v) is 5.18. The van der Waals surface area contributed by atoms with Gasteiger partial charge in [-0.05, 0) is 24.1 Å². The fraction of sp³-hybridized carbons (Fsp3) is 0.250. The number of carbonyl (C=O) groups is 2. The number of carboxylic acid groups (broad SMARTS) is 1. The lowest BCUT2D eigenvalue weighted by molar-refractivity contribution is -0.149. The molecule has 0 fully saturated rings. The molecule has 0 aliphatic carbocycles. The molecule has 5 nitrogen and oxygen atoms in total. The smallest absolute Gasteiger partial charge is 0.372 e. The number of aryl methyl sites for hydroxylation is 2. The first kappa shape index (κ1) is 11.3. The molecule has 0 aliphatic rings. The molecule has 2 rings (SSSR count). The summed E-state index contributed by atoms with van der Waals surface area (Å²) in [5.41, 5.74) is 2.29. The number of fused-ring (bicyclic) bond motifs is 1. The first-order chi connectivity index (χ1) is 8.06. The highest BCUT2D eigenvalue weighted by Crippen LogP contribution is 2.17. The Labute approximate surface area is 97.1 Å². The van der Waals surface area contributed by atoms with Gasteiger partial charge in [-0.2, -0.15) is 0 Å². The molecule has 88 valence electrons.